The molecule has 0 heterocycles. The molecule has 7 heteroatoms. The number of carbonyl (C=O) groups is 3. The van der Waals surface area contributed by atoms with Gasteiger partial charge in [-0.25, -0.2) is 4.79 Å². The summed E-state index contributed by atoms with van der Waals surface area (Å²) in [5, 5.41) is 0. The van der Waals surface area contributed by atoms with Crippen molar-refractivity contribution < 1.29 is 28.0 Å². The van der Waals surface area contributed by atoms with Crippen LogP contribution in [-0.2, 0) is 28.0 Å². The van der Waals surface area contributed by atoms with E-state index in [4.69, 9.17) is 13.6 Å². The van der Waals surface area contributed by atoms with Gasteiger partial charge in [0.15, 0.2) is 0 Å². The Morgan fingerprint density at radius 2 is 1.60 bits per heavy atom. The molecule has 0 rings (SSSR count). The van der Waals surface area contributed by atoms with Crippen LogP contribution in [0.5, 0.6) is 0 Å². The third-order valence-corrected chi connectivity index (χ3v) is 4.17. The number of rotatable bonds is 9. The van der Waals surface area contributed by atoms with Gasteiger partial charge in [-0.2, -0.15) is 0 Å². The Hall–Kier alpha value is -1.63. The Morgan fingerprint density at radius 1 is 1.05 bits per heavy atom. The number of ether oxygens (including phenoxy) is 1. The van der Waals surface area contributed by atoms with Crippen LogP contribution >= 0.6 is 0 Å². The van der Waals surface area contributed by atoms with Gasteiger partial charge in [0.1, 0.15) is 0 Å². The largest absolute Gasteiger partial charge is 0.487 e. The van der Waals surface area contributed by atoms with Crippen LogP contribution in [0.4, 0.5) is 0 Å². The van der Waals surface area contributed by atoms with Crippen molar-refractivity contribution in [2.24, 2.45) is 0 Å². The van der Waals surface area contributed by atoms with Gasteiger partial charge in [0.25, 0.3) is 11.9 Å². The maximum atomic E-state index is 11.2. The van der Waals surface area contributed by atoms with Gasteiger partial charge in [0.2, 0.25) is 0 Å². The van der Waals surface area contributed by atoms with E-state index in [2.05, 4.69) is 0 Å². The summed E-state index contributed by atoms with van der Waals surface area (Å²) in [7, 11) is -2.37. The molecule has 0 N–H and O–H groups in total. The van der Waals surface area contributed by atoms with Crippen LogP contribution in [0.3, 0.4) is 0 Å². The molecular formula is C13H22O6Si. The van der Waals surface area contributed by atoms with Crippen LogP contribution in [0, 0.1) is 0 Å². The first kappa shape index (κ1) is 18.4. The molecule has 0 aromatic rings. The Balaban J connectivity index is 4.11. The highest BCUT2D eigenvalue weighted by Gasteiger charge is 2.21. The van der Waals surface area contributed by atoms with Crippen LogP contribution in [0.25, 0.3) is 0 Å². The molecule has 0 aliphatic heterocycles. The molecule has 0 amide bonds. The highest BCUT2D eigenvalue weighted by atomic mass is 28.3. The molecule has 20 heavy (non-hydrogen) atoms. The van der Waals surface area contributed by atoms with Gasteiger partial charge in [0, 0.05) is 25.0 Å². The molecule has 0 fully saturated rings. The van der Waals surface area contributed by atoms with Crippen molar-refractivity contribution in [1.29, 1.82) is 0 Å². The van der Waals surface area contributed by atoms with Gasteiger partial charge in [0.05, 0.1) is 6.61 Å². The smallest absolute Gasteiger partial charge is 0.448 e. The molecule has 0 aromatic carbocycles. The van der Waals surface area contributed by atoms with E-state index in [1.807, 2.05) is 0 Å². The molecule has 0 spiro atoms. The summed E-state index contributed by atoms with van der Waals surface area (Å²) in [6, 6.07) is 0.431. The number of carbonyl (C=O) groups excluding carboxylic acids is 3. The lowest BCUT2D eigenvalue weighted by atomic mass is 10.5. The van der Waals surface area contributed by atoms with Crippen LogP contribution in [0.2, 0.25) is 6.04 Å². The molecule has 0 saturated carbocycles. The van der Waals surface area contributed by atoms with Gasteiger partial charge in [-0.05, 0) is 13.3 Å². The normalized spacial score (nSPS) is 10.6. The summed E-state index contributed by atoms with van der Waals surface area (Å²) in [6.45, 7) is 5.28. The molecular weight excluding hydrogens is 280 g/mol. The Kier molecular flexibility index (Phi) is 10.3. The van der Waals surface area contributed by atoms with Crippen LogP contribution in [0.1, 0.15) is 40.0 Å². The first-order valence-electron chi connectivity index (χ1n) is 6.71. The summed E-state index contributed by atoms with van der Waals surface area (Å²) in [4.78, 5) is 33.6. The highest BCUT2D eigenvalue weighted by molar-refractivity contribution is 6.48. The monoisotopic (exact) mass is 302 g/mol. The Morgan fingerprint density at radius 3 is 2.05 bits per heavy atom. The first-order chi connectivity index (χ1) is 9.53. The number of esters is 1. The fraction of sp³-hybridized carbons (Fsp3) is 0.615. The lowest BCUT2D eigenvalue weighted by Gasteiger charge is -2.15. The van der Waals surface area contributed by atoms with Crippen LogP contribution < -0.4 is 0 Å². The second-order valence-corrected chi connectivity index (χ2v) is 5.83. The molecule has 6 nitrogen and oxygen atoms in total. The zero-order valence-corrected chi connectivity index (χ0v) is 13.4. The van der Waals surface area contributed by atoms with E-state index < -0.39 is 15.3 Å². The quantitative estimate of drug-likeness (QED) is 0.279. The molecule has 0 saturated heterocycles. The molecule has 0 atom stereocenters. The lowest BCUT2D eigenvalue weighted by Crippen LogP contribution is -2.29. The number of hydrogen-bond donors (Lipinski definition) is 0. The van der Waals surface area contributed by atoms with Crippen molar-refractivity contribution in [3.8, 4) is 0 Å². The third-order valence-electron chi connectivity index (χ3n) is 2.23. The van der Waals surface area contributed by atoms with Crippen molar-refractivity contribution in [2.75, 3.05) is 6.61 Å². The van der Waals surface area contributed by atoms with E-state index in [1.165, 1.54) is 6.08 Å². The third kappa shape index (κ3) is 9.32. The second-order valence-electron chi connectivity index (χ2n) is 3.93. The lowest BCUT2D eigenvalue weighted by molar-refractivity contribution is -0.141. The summed E-state index contributed by atoms with van der Waals surface area (Å²) in [5.41, 5.74) is 0. The predicted octanol–water partition coefficient (Wildman–Crippen LogP) is 1.62. The van der Waals surface area contributed by atoms with Crippen molar-refractivity contribution in [3.05, 3.63) is 12.2 Å². The van der Waals surface area contributed by atoms with Gasteiger partial charge in [-0.3, -0.25) is 9.59 Å². The van der Waals surface area contributed by atoms with Crippen LogP contribution in [-0.4, -0.2) is 33.8 Å². The molecule has 0 radical (unpaired) electrons. The minimum Gasteiger partial charge on any atom is -0.487 e. The van der Waals surface area contributed by atoms with Crippen molar-refractivity contribution in [1.82, 2.24) is 0 Å². The fourth-order valence-electron chi connectivity index (χ4n) is 1.21. The average Bonchev–Trinajstić information content (AvgIpc) is 2.43. The van der Waals surface area contributed by atoms with Gasteiger partial charge in [-0.15, -0.1) is 0 Å². The highest BCUT2D eigenvalue weighted by Crippen LogP contribution is 2.05. The van der Waals surface area contributed by atoms with E-state index in [9.17, 15) is 14.4 Å². The minimum absolute atomic E-state index is 0.208. The van der Waals surface area contributed by atoms with E-state index in [-0.39, 0.29) is 31.4 Å². The van der Waals surface area contributed by atoms with E-state index in [1.54, 1.807) is 26.8 Å². The molecule has 0 unspecified atom stereocenters. The maximum absolute atomic E-state index is 11.2. The summed E-state index contributed by atoms with van der Waals surface area (Å²) in [5.74, 6) is -1.17. The summed E-state index contributed by atoms with van der Waals surface area (Å²) < 4.78 is 15.2. The number of hydrogen-bond acceptors (Lipinski definition) is 6. The van der Waals surface area contributed by atoms with Crippen molar-refractivity contribution in [2.45, 2.75) is 46.1 Å². The average molecular weight is 302 g/mol. The molecule has 0 aliphatic rings. The second kappa shape index (κ2) is 11.2. The molecule has 0 bridgehead atoms. The van der Waals surface area contributed by atoms with Crippen molar-refractivity contribution >= 4 is 27.2 Å². The topological polar surface area (TPSA) is 78.9 Å². The first-order valence-corrected chi connectivity index (χ1v) is 8.47. The summed E-state index contributed by atoms with van der Waals surface area (Å²) in [6.07, 6.45) is 3.89. The summed E-state index contributed by atoms with van der Waals surface area (Å²) >= 11 is 0. The fourth-order valence-corrected chi connectivity index (χ4v) is 2.91. The SMILES string of the molecule is CC=CC(=O)OCCC[SiH](OC(=O)CC)OC(=O)CC. The predicted molar refractivity (Wildman–Crippen MR) is 75.1 cm³/mol. The zero-order chi connectivity index (χ0) is 15.4. The van der Waals surface area contributed by atoms with Gasteiger partial charge >= 0.3 is 15.3 Å². The van der Waals surface area contributed by atoms with E-state index in [0.717, 1.165) is 0 Å². The maximum Gasteiger partial charge on any atom is 0.448 e. The Labute approximate surface area is 120 Å². The van der Waals surface area contributed by atoms with E-state index in [0.29, 0.717) is 12.5 Å². The van der Waals surface area contributed by atoms with Crippen molar-refractivity contribution in [3.63, 3.8) is 0 Å². The molecule has 114 valence electrons. The van der Waals surface area contributed by atoms with Crippen LogP contribution in [0.15, 0.2) is 12.2 Å². The molecule has 0 aliphatic carbocycles. The Bertz CT molecular complexity index is 335. The molecule has 0 aromatic heterocycles. The number of allylic oxidation sites excluding steroid dienone is 1. The van der Waals surface area contributed by atoms with Gasteiger partial charge in [-0.1, -0.05) is 19.9 Å². The zero-order valence-electron chi connectivity index (χ0n) is 12.2. The minimum atomic E-state index is -2.37. The van der Waals surface area contributed by atoms with E-state index >= 15 is 0 Å². The van der Waals surface area contributed by atoms with Gasteiger partial charge < -0.3 is 13.6 Å². The standard InChI is InChI=1S/C13H22O6Si/c1-4-8-13(16)17-9-7-10-20(18-11(14)5-2)19-12(15)6-3/h4,8,20H,5-7,9-10H2,1-3H3.